The number of anilines is 1. The molecule has 0 aromatic heterocycles. The van der Waals surface area contributed by atoms with Gasteiger partial charge in [-0.2, -0.15) is 0 Å². The Hall–Kier alpha value is -0.710. The second kappa shape index (κ2) is 5.95. The van der Waals surface area contributed by atoms with Crippen LogP contribution in [0.4, 0.5) is 5.69 Å². The highest BCUT2D eigenvalue weighted by molar-refractivity contribution is 8.01. The number of amides is 1. The van der Waals surface area contributed by atoms with Gasteiger partial charge in [-0.05, 0) is 30.7 Å². The first-order valence-electron chi connectivity index (χ1n) is 5.95. The Morgan fingerprint density at radius 2 is 2.17 bits per heavy atom. The van der Waals surface area contributed by atoms with Gasteiger partial charge in [0.15, 0.2) is 0 Å². The van der Waals surface area contributed by atoms with Crippen LogP contribution in [0, 0.1) is 0 Å². The molecule has 1 aliphatic heterocycles. The first kappa shape index (κ1) is 13.7. The summed E-state index contributed by atoms with van der Waals surface area (Å²) in [5.74, 6) is 0.127. The first-order chi connectivity index (χ1) is 8.61. The Labute approximate surface area is 116 Å². The van der Waals surface area contributed by atoms with Crippen molar-refractivity contribution >= 4 is 35.0 Å². The molecule has 18 heavy (non-hydrogen) atoms. The highest BCUT2D eigenvalue weighted by Gasteiger charge is 2.33. The van der Waals surface area contributed by atoms with Crippen LogP contribution >= 0.6 is 23.4 Å². The molecule has 0 spiro atoms. The number of thioether (sulfide) groups is 1. The number of halogens is 1. The molecule has 1 N–H and O–H groups in total. The maximum atomic E-state index is 12.2. The summed E-state index contributed by atoms with van der Waals surface area (Å²) in [6, 6.07) is 7.31. The third kappa shape index (κ3) is 2.99. The lowest BCUT2D eigenvalue weighted by molar-refractivity contribution is -0.116. The molecule has 2 atom stereocenters. The van der Waals surface area contributed by atoms with Crippen LogP contribution in [0.5, 0.6) is 0 Å². The van der Waals surface area contributed by atoms with E-state index in [-0.39, 0.29) is 23.0 Å². The fourth-order valence-electron chi connectivity index (χ4n) is 1.98. The molecular weight excluding hydrogens is 270 g/mol. The molecule has 1 fully saturated rings. The Bertz CT molecular complexity index is 424. The molecule has 1 saturated heterocycles. The topological polar surface area (TPSA) is 40.5 Å². The highest BCUT2D eigenvalue weighted by atomic mass is 35.5. The molecule has 98 valence electrons. The molecule has 5 heteroatoms. The molecule has 0 saturated carbocycles. The number of aliphatic hydroxyl groups excluding tert-OH is 1. The molecule has 3 nitrogen and oxygen atoms in total. The summed E-state index contributed by atoms with van der Waals surface area (Å²) < 4.78 is 0. The van der Waals surface area contributed by atoms with E-state index in [2.05, 4.69) is 0 Å². The molecule has 1 aliphatic rings. The number of hydrogen-bond donors (Lipinski definition) is 1. The van der Waals surface area contributed by atoms with Gasteiger partial charge < -0.3 is 10.0 Å². The Kier molecular flexibility index (Phi) is 4.54. The van der Waals surface area contributed by atoms with Crippen LogP contribution in [-0.4, -0.2) is 34.7 Å². The normalized spacial score (nSPS) is 21.4. The number of hydrogen-bond acceptors (Lipinski definition) is 3. The molecule has 1 amide bonds. The molecule has 1 aromatic carbocycles. The molecule has 2 rings (SSSR count). The van der Waals surface area contributed by atoms with E-state index in [4.69, 9.17) is 16.7 Å². The van der Waals surface area contributed by atoms with Crippen molar-refractivity contribution in [1.82, 2.24) is 0 Å². The van der Waals surface area contributed by atoms with Gasteiger partial charge in [0.05, 0.1) is 11.9 Å². The Morgan fingerprint density at radius 1 is 1.50 bits per heavy atom. The number of benzene rings is 1. The minimum atomic E-state index is -0.0390. The zero-order valence-corrected chi connectivity index (χ0v) is 11.7. The van der Waals surface area contributed by atoms with E-state index in [1.807, 2.05) is 19.1 Å². The van der Waals surface area contributed by atoms with Gasteiger partial charge in [0.25, 0.3) is 0 Å². The van der Waals surface area contributed by atoms with E-state index in [9.17, 15) is 4.79 Å². The fraction of sp³-hybridized carbons (Fsp3) is 0.462. The molecule has 1 aromatic rings. The van der Waals surface area contributed by atoms with Gasteiger partial charge in [0, 0.05) is 22.5 Å². The van der Waals surface area contributed by atoms with Gasteiger partial charge >= 0.3 is 0 Å². The Balaban J connectivity index is 2.05. The molecular formula is C13H16ClNO2S. The monoisotopic (exact) mass is 285 g/mol. The first-order valence-corrected chi connectivity index (χ1v) is 7.27. The van der Waals surface area contributed by atoms with Crippen LogP contribution in [0.25, 0.3) is 0 Å². The van der Waals surface area contributed by atoms with Gasteiger partial charge in [0.2, 0.25) is 5.91 Å². The van der Waals surface area contributed by atoms with Crippen LogP contribution < -0.4 is 4.90 Å². The predicted octanol–water partition coefficient (Wildman–Crippen LogP) is 2.56. The third-order valence-corrected chi connectivity index (χ3v) is 4.58. The van der Waals surface area contributed by atoms with Crippen LogP contribution in [0.1, 0.15) is 13.3 Å². The summed E-state index contributed by atoms with van der Waals surface area (Å²) in [7, 11) is 0. The standard InChI is InChI=1S/C13H16ClNO2S/c1-9(8-16)18-12-6-7-15(13(12)17)11-4-2-10(14)3-5-11/h2-5,9,12,16H,6-8H2,1H3/t9-,12-/m1/s1. The average Bonchev–Trinajstić information content (AvgIpc) is 2.72. The van der Waals surface area contributed by atoms with E-state index in [0.29, 0.717) is 5.02 Å². The molecule has 0 radical (unpaired) electrons. The minimum absolute atomic E-state index is 0.0390. The lowest BCUT2D eigenvalue weighted by Crippen LogP contribution is -2.28. The van der Waals surface area contributed by atoms with Gasteiger partial charge in [-0.25, -0.2) is 0 Å². The van der Waals surface area contributed by atoms with Gasteiger partial charge in [-0.15, -0.1) is 11.8 Å². The molecule has 0 aliphatic carbocycles. The lowest BCUT2D eigenvalue weighted by atomic mass is 10.3. The number of carbonyl (C=O) groups excluding carboxylic acids is 1. The van der Waals surface area contributed by atoms with Gasteiger partial charge in [0.1, 0.15) is 0 Å². The zero-order chi connectivity index (χ0) is 13.1. The van der Waals surface area contributed by atoms with E-state index in [0.717, 1.165) is 18.7 Å². The van der Waals surface area contributed by atoms with Crippen molar-refractivity contribution in [3.05, 3.63) is 29.3 Å². The minimum Gasteiger partial charge on any atom is -0.395 e. The van der Waals surface area contributed by atoms with Crippen molar-refractivity contribution in [1.29, 1.82) is 0 Å². The molecule has 0 bridgehead atoms. The van der Waals surface area contributed by atoms with Crippen molar-refractivity contribution in [3.8, 4) is 0 Å². The maximum Gasteiger partial charge on any atom is 0.240 e. The lowest BCUT2D eigenvalue weighted by Gasteiger charge is -2.17. The quantitative estimate of drug-likeness (QED) is 0.924. The number of nitrogens with zero attached hydrogens (tertiary/aromatic N) is 1. The number of aliphatic hydroxyl groups is 1. The van der Waals surface area contributed by atoms with Crippen molar-refractivity contribution in [2.45, 2.75) is 23.8 Å². The van der Waals surface area contributed by atoms with Crippen molar-refractivity contribution in [2.75, 3.05) is 18.1 Å². The van der Waals surface area contributed by atoms with Crippen LogP contribution in [0.15, 0.2) is 24.3 Å². The SMILES string of the molecule is C[C@H](CO)S[C@@H]1CCN(c2ccc(Cl)cc2)C1=O. The summed E-state index contributed by atoms with van der Waals surface area (Å²) in [5, 5.41) is 9.77. The van der Waals surface area contributed by atoms with E-state index in [1.54, 1.807) is 28.8 Å². The third-order valence-electron chi connectivity index (χ3n) is 2.95. The maximum absolute atomic E-state index is 12.2. The van der Waals surface area contributed by atoms with E-state index >= 15 is 0 Å². The van der Waals surface area contributed by atoms with Gasteiger partial charge in [-0.3, -0.25) is 4.79 Å². The van der Waals surface area contributed by atoms with Crippen LogP contribution in [0.3, 0.4) is 0 Å². The number of rotatable bonds is 4. The predicted molar refractivity (Wildman–Crippen MR) is 76.3 cm³/mol. The van der Waals surface area contributed by atoms with Crippen molar-refractivity contribution in [3.63, 3.8) is 0 Å². The zero-order valence-electron chi connectivity index (χ0n) is 10.2. The van der Waals surface area contributed by atoms with Gasteiger partial charge in [-0.1, -0.05) is 18.5 Å². The van der Waals surface area contributed by atoms with E-state index < -0.39 is 0 Å². The number of carbonyl (C=O) groups is 1. The average molecular weight is 286 g/mol. The Morgan fingerprint density at radius 3 is 2.78 bits per heavy atom. The molecule has 1 heterocycles. The summed E-state index contributed by atoms with van der Waals surface area (Å²) in [6.45, 7) is 2.77. The van der Waals surface area contributed by atoms with Crippen molar-refractivity contribution < 1.29 is 9.90 Å². The second-order valence-corrected chi connectivity index (χ2v) is 6.46. The van der Waals surface area contributed by atoms with Crippen molar-refractivity contribution in [2.24, 2.45) is 0 Å². The fourth-order valence-corrected chi connectivity index (χ4v) is 3.24. The highest BCUT2D eigenvalue weighted by Crippen LogP contribution is 2.31. The van der Waals surface area contributed by atoms with E-state index in [1.165, 1.54) is 0 Å². The smallest absolute Gasteiger partial charge is 0.240 e. The summed E-state index contributed by atoms with van der Waals surface area (Å²) in [5.41, 5.74) is 0.893. The van der Waals surface area contributed by atoms with Crippen LogP contribution in [-0.2, 0) is 4.79 Å². The summed E-state index contributed by atoms with van der Waals surface area (Å²) >= 11 is 7.39. The molecule has 0 unspecified atom stereocenters. The second-order valence-electron chi connectivity index (χ2n) is 4.37. The summed E-state index contributed by atoms with van der Waals surface area (Å²) in [4.78, 5) is 14.0. The summed E-state index contributed by atoms with van der Waals surface area (Å²) in [6.07, 6.45) is 0.830. The largest absolute Gasteiger partial charge is 0.395 e. The van der Waals surface area contributed by atoms with Crippen LogP contribution in [0.2, 0.25) is 5.02 Å².